The van der Waals surface area contributed by atoms with Gasteiger partial charge >= 0.3 is 6.18 Å². The fourth-order valence-electron chi connectivity index (χ4n) is 3.18. The second-order valence-electron chi connectivity index (χ2n) is 6.42. The fraction of sp³-hybridized carbons (Fsp3) is 0.250. The SMILES string of the molecule is O=c1c2ccc(C#Cc3ccccn3)cc2nc2n1CC(C(F)(F)F)CC2. The lowest BCUT2D eigenvalue weighted by atomic mass is 9.98. The van der Waals surface area contributed by atoms with Crippen molar-refractivity contribution in [2.45, 2.75) is 25.6 Å². The van der Waals surface area contributed by atoms with Gasteiger partial charge in [-0.2, -0.15) is 13.2 Å². The first-order valence-corrected chi connectivity index (χ1v) is 8.45. The number of fused-ring (bicyclic) bond motifs is 2. The van der Waals surface area contributed by atoms with Gasteiger partial charge in [-0.05, 0) is 42.7 Å². The first kappa shape index (κ1) is 17.3. The van der Waals surface area contributed by atoms with Crippen LogP contribution in [0.3, 0.4) is 0 Å². The third-order valence-corrected chi connectivity index (χ3v) is 4.62. The van der Waals surface area contributed by atoms with Gasteiger partial charge in [-0.3, -0.25) is 9.36 Å². The Morgan fingerprint density at radius 1 is 1.15 bits per heavy atom. The van der Waals surface area contributed by atoms with Crippen molar-refractivity contribution < 1.29 is 13.2 Å². The highest BCUT2D eigenvalue weighted by Gasteiger charge is 2.41. The van der Waals surface area contributed by atoms with Crippen molar-refractivity contribution >= 4 is 10.9 Å². The predicted octanol–water partition coefficient (Wildman–Crippen LogP) is 3.32. The molecule has 0 amide bonds. The molecule has 7 heteroatoms. The summed E-state index contributed by atoms with van der Waals surface area (Å²) < 4.78 is 40.2. The Labute approximate surface area is 152 Å². The van der Waals surface area contributed by atoms with Crippen LogP contribution >= 0.6 is 0 Å². The normalized spacial score (nSPS) is 16.5. The summed E-state index contributed by atoms with van der Waals surface area (Å²) in [5.41, 5.74) is 1.29. The van der Waals surface area contributed by atoms with Gasteiger partial charge in [0.25, 0.3) is 5.56 Å². The Kier molecular flexibility index (Phi) is 4.19. The van der Waals surface area contributed by atoms with E-state index in [1.54, 1.807) is 36.5 Å². The maximum Gasteiger partial charge on any atom is 0.393 e. The van der Waals surface area contributed by atoms with Crippen LogP contribution in [0.2, 0.25) is 0 Å². The number of hydrogen-bond acceptors (Lipinski definition) is 3. The summed E-state index contributed by atoms with van der Waals surface area (Å²) in [6.45, 7) is -0.373. The zero-order valence-corrected chi connectivity index (χ0v) is 14.1. The van der Waals surface area contributed by atoms with E-state index >= 15 is 0 Å². The molecule has 4 rings (SSSR count). The highest BCUT2D eigenvalue weighted by Crippen LogP contribution is 2.33. The summed E-state index contributed by atoms with van der Waals surface area (Å²) in [6.07, 6.45) is -2.59. The summed E-state index contributed by atoms with van der Waals surface area (Å²) in [4.78, 5) is 21.2. The van der Waals surface area contributed by atoms with E-state index in [0.29, 0.717) is 28.0 Å². The van der Waals surface area contributed by atoms with Crippen molar-refractivity contribution in [3.05, 3.63) is 70.0 Å². The average molecular weight is 369 g/mol. The fourth-order valence-corrected chi connectivity index (χ4v) is 3.18. The Balaban J connectivity index is 1.73. The van der Waals surface area contributed by atoms with Gasteiger partial charge in [0.1, 0.15) is 11.5 Å². The van der Waals surface area contributed by atoms with E-state index in [0.717, 1.165) is 4.57 Å². The molecule has 0 aliphatic carbocycles. The smallest absolute Gasteiger partial charge is 0.296 e. The lowest BCUT2D eigenvalue weighted by molar-refractivity contribution is -0.182. The number of aryl methyl sites for hydroxylation is 1. The van der Waals surface area contributed by atoms with Gasteiger partial charge in [0.15, 0.2) is 0 Å². The Hall–Kier alpha value is -3.14. The van der Waals surface area contributed by atoms with Crippen LogP contribution in [-0.4, -0.2) is 20.7 Å². The molecule has 1 aromatic carbocycles. The second kappa shape index (κ2) is 6.54. The third kappa shape index (κ3) is 3.43. The quantitative estimate of drug-likeness (QED) is 0.571. The van der Waals surface area contributed by atoms with Gasteiger partial charge in [0.2, 0.25) is 0 Å². The van der Waals surface area contributed by atoms with E-state index in [-0.39, 0.29) is 19.4 Å². The molecule has 1 atom stereocenters. The largest absolute Gasteiger partial charge is 0.393 e. The van der Waals surface area contributed by atoms with E-state index in [1.807, 2.05) is 6.07 Å². The molecule has 27 heavy (non-hydrogen) atoms. The number of halogens is 3. The molecular weight excluding hydrogens is 355 g/mol. The lowest BCUT2D eigenvalue weighted by Crippen LogP contribution is -2.38. The second-order valence-corrected chi connectivity index (χ2v) is 6.42. The maximum absolute atomic E-state index is 13.0. The molecule has 1 aliphatic heterocycles. The van der Waals surface area contributed by atoms with Crippen LogP contribution in [-0.2, 0) is 13.0 Å². The highest BCUT2D eigenvalue weighted by molar-refractivity contribution is 5.79. The number of aromatic nitrogens is 3. The van der Waals surface area contributed by atoms with Crippen LogP contribution in [0.1, 0.15) is 23.5 Å². The molecule has 3 heterocycles. The van der Waals surface area contributed by atoms with Crippen LogP contribution in [0.15, 0.2) is 47.4 Å². The lowest BCUT2D eigenvalue weighted by Gasteiger charge is -2.27. The van der Waals surface area contributed by atoms with Gasteiger partial charge < -0.3 is 0 Å². The predicted molar refractivity (Wildman–Crippen MR) is 94.1 cm³/mol. The van der Waals surface area contributed by atoms with Gasteiger partial charge in [0.05, 0.1) is 16.8 Å². The number of hydrogen-bond donors (Lipinski definition) is 0. The summed E-state index contributed by atoms with van der Waals surface area (Å²) in [6, 6.07) is 10.3. The summed E-state index contributed by atoms with van der Waals surface area (Å²) >= 11 is 0. The van der Waals surface area contributed by atoms with Crippen molar-refractivity contribution in [3.63, 3.8) is 0 Å². The molecule has 0 fully saturated rings. The topological polar surface area (TPSA) is 47.8 Å². The van der Waals surface area contributed by atoms with E-state index in [4.69, 9.17) is 0 Å². The van der Waals surface area contributed by atoms with Crippen molar-refractivity contribution in [1.29, 1.82) is 0 Å². The molecule has 0 radical (unpaired) electrons. The van der Waals surface area contributed by atoms with E-state index in [2.05, 4.69) is 21.8 Å². The van der Waals surface area contributed by atoms with Crippen LogP contribution in [0, 0.1) is 17.8 Å². The Morgan fingerprint density at radius 2 is 2.00 bits per heavy atom. The van der Waals surface area contributed by atoms with Crippen molar-refractivity contribution in [2.75, 3.05) is 0 Å². The van der Waals surface area contributed by atoms with E-state index in [1.165, 1.54) is 0 Å². The molecule has 2 aromatic heterocycles. The molecule has 136 valence electrons. The van der Waals surface area contributed by atoms with Gasteiger partial charge in [-0.15, -0.1) is 0 Å². The number of rotatable bonds is 0. The van der Waals surface area contributed by atoms with Crippen LogP contribution in [0.25, 0.3) is 10.9 Å². The third-order valence-electron chi connectivity index (χ3n) is 4.62. The first-order valence-electron chi connectivity index (χ1n) is 8.45. The van der Waals surface area contributed by atoms with Gasteiger partial charge in [-0.1, -0.05) is 12.0 Å². The molecule has 0 bridgehead atoms. The van der Waals surface area contributed by atoms with Gasteiger partial charge in [-0.25, -0.2) is 9.97 Å². The average Bonchev–Trinajstić information content (AvgIpc) is 2.66. The molecule has 3 aromatic rings. The molecule has 0 spiro atoms. The molecule has 4 nitrogen and oxygen atoms in total. The number of nitrogens with zero attached hydrogens (tertiary/aromatic N) is 3. The van der Waals surface area contributed by atoms with Crippen molar-refractivity contribution in [2.24, 2.45) is 5.92 Å². The minimum Gasteiger partial charge on any atom is -0.296 e. The number of pyridine rings is 1. The standard InChI is InChI=1S/C20H14F3N3O/c21-20(22,23)14-6-9-18-25-17-11-13(4-7-15-3-1-2-10-24-15)5-8-16(17)19(27)26(18)12-14/h1-3,5,8,10-11,14H,6,9,12H2. The molecule has 0 saturated carbocycles. The monoisotopic (exact) mass is 369 g/mol. The first-order chi connectivity index (χ1) is 12.9. The summed E-state index contributed by atoms with van der Waals surface area (Å²) in [5.74, 6) is 4.78. The van der Waals surface area contributed by atoms with Crippen molar-refractivity contribution in [1.82, 2.24) is 14.5 Å². The van der Waals surface area contributed by atoms with Crippen LogP contribution < -0.4 is 5.56 Å². The van der Waals surface area contributed by atoms with Crippen molar-refractivity contribution in [3.8, 4) is 11.8 Å². The molecule has 1 aliphatic rings. The highest BCUT2D eigenvalue weighted by atomic mass is 19.4. The zero-order chi connectivity index (χ0) is 19.0. The molecular formula is C20H14F3N3O. The summed E-state index contributed by atoms with van der Waals surface area (Å²) in [5, 5.41) is 0.296. The Bertz CT molecular complexity index is 1120. The number of alkyl halides is 3. The number of benzene rings is 1. The minimum absolute atomic E-state index is 0.0549. The van der Waals surface area contributed by atoms with Gasteiger partial charge in [0, 0.05) is 24.7 Å². The summed E-state index contributed by atoms with van der Waals surface area (Å²) in [7, 11) is 0. The minimum atomic E-state index is -4.31. The zero-order valence-electron chi connectivity index (χ0n) is 14.1. The molecule has 0 N–H and O–H groups in total. The van der Waals surface area contributed by atoms with E-state index < -0.39 is 17.7 Å². The van der Waals surface area contributed by atoms with Crippen LogP contribution in [0.4, 0.5) is 13.2 Å². The molecule has 1 unspecified atom stereocenters. The maximum atomic E-state index is 13.0. The Morgan fingerprint density at radius 3 is 2.74 bits per heavy atom. The van der Waals surface area contributed by atoms with E-state index in [9.17, 15) is 18.0 Å². The van der Waals surface area contributed by atoms with Crippen LogP contribution in [0.5, 0.6) is 0 Å². The molecule has 0 saturated heterocycles.